The van der Waals surface area contributed by atoms with E-state index in [2.05, 4.69) is 21.2 Å². The van der Waals surface area contributed by atoms with E-state index in [4.69, 9.17) is 4.74 Å². The predicted octanol–water partition coefficient (Wildman–Crippen LogP) is 1.93. The van der Waals surface area contributed by atoms with Crippen LogP contribution in [0.25, 0.3) is 0 Å². The summed E-state index contributed by atoms with van der Waals surface area (Å²) in [4.78, 5) is 33.4. The van der Waals surface area contributed by atoms with Crippen molar-refractivity contribution in [1.29, 1.82) is 0 Å². The molecule has 1 aliphatic rings. The lowest BCUT2D eigenvalue weighted by Crippen LogP contribution is -2.40. The molecule has 5 nitrogen and oxygen atoms in total. The van der Waals surface area contributed by atoms with Gasteiger partial charge in [-0.3, -0.25) is 19.7 Å². The summed E-state index contributed by atoms with van der Waals surface area (Å²) in [5.74, 6) is -0.632. The van der Waals surface area contributed by atoms with Crippen LogP contribution >= 0.6 is 15.9 Å². The van der Waals surface area contributed by atoms with Gasteiger partial charge in [0.15, 0.2) is 0 Å². The van der Waals surface area contributed by atoms with E-state index in [9.17, 15) is 14.4 Å². The zero-order valence-electron chi connectivity index (χ0n) is 11.1. The highest BCUT2D eigenvalue weighted by Crippen LogP contribution is 2.20. The number of hydrogen-bond acceptors (Lipinski definition) is 4. The van der Waals surface area contributed by atoms with Crippen LogP contribution in [0.15, 0.2) is 0 Å². The van der Waals surface area contributed by atoms with Gasteiger partial charge in [0.25, 0.3) is 0 Å². The lowest BCUT2D eigenvalue weighted by Gasteiger charge is -2.21. The molecular formula is C13H20BrNO4. The molecule has 0 aliphatic carbocycles. The van der Waals surface area contributed by atoms with Crippen LogP contribution < -0.4 is 5.32 Å². The van der Waals surface area contributed by atoms with Gasteiger partial charge in [-0.1, -0.05) is 22.4 Å². The highest BCUT2D eigenvalue weighted by Gasteiger charge is 2.25. The van der Waals surface area contributed by atoms with Gasteiger partial charge in [-0.05, 0) is 25.7 Å². The van der Waals surface area contributed by atoms with Gasteiger partial charge in [-0.2, -0.15) is 0 Å². The van der Waals surface area contributed by atoms with E-state index in [1.165, 1.54) is 6.92 Å². The molecule has 1 N–H and O–H groups in total. The number of imide groups is 1. The van der Waals surface area contributed by atoms with E-state index in [0.717, 1.165) is 25.7 Å². The first-order chi connectivity index (χ1) is 9.02. The second kappa shape index (κ2) is 8.30. The fourth-order valence-corrected chi connectivity index (χ4v) is 2.63. The third kappa shape index (κ3) is 6.18. The molecule has 1 saturated heterocycles. The van der Waals surface area contributed by atoms with Gasteiger partial charge in [0, 0.05) is 24.6 Å². The molecule has 19 heavy (non-hydrogen) atoms. The Balaban J connectivity index is 2.17. The summed E-state index contributed by atoms with van der Waals surface area (Å²) in [5, 5.41) is 2.99. The maximum absolute atomic E-state index is 11.5. The van der Waals surface area contributed by atoms with E-state index in [1.807, 2.05) is 0 Å². The normalized spacial score (nSPS) is 20.8. The molecule has 1 rings (SSSR count). The maximum Gasteiger partial charge on any atom is 0.302 e. The number of hydrogen-bond donors (Lipinski definition) is 1. The largest absolute Gasteiger partial charge is 0.462 e. The molecule has 2 atom stereocenters. The highest BCUT2D eigenvalue weighted by atomic mass is 79.9. The van der Waals surface area contributed by atoms with Crippen LogP contribution in [0.2, 0.25) is 0 Å². The van der Waals surface area contributed by atoms with Gasteiger partial charge in [0.05, 0.1) is 0 Å². The van der Waals surface area contributed by atoms with Gasteiger partial charge in [0.1, 0.15) is 6.10 Å². The average molecular weight is 334 g/mol. The number of halogens is 1. The standard InChI is InChI=1S/C13H20BrNO4/c1-9(16)19-11(8-14)5-3-2-4-10-6-7-12(17)15-13(10)18/h10-11H,2-8H2,1H3,(H,15,17,18). The minimum absolute atomic E-state index is 0.0474. The van der Waals surface area contributed by atoms with Gasteiger partial charge in [0.2, 0.25) is 11.8 Å². The van der Waals surface area contributed by atoms with E-state index >= 15 is 0 Å². The molecule has 0 aromatic rings. The summed E-state index contributed by atoms with van der Waals surface area (Å²) in [6.45, 7) is 1.40. The second-order valence-corrected chi connectivity index (χ2v) is 5.47. The molecule has 1 heterocycles. The van der Waals surface area contributed by atoms with E-state index < -0.39 is 0 Å². The number of piperidine rings is 1. The first kappa shape index (κ1) is 16.1. The van der Waals surface area contributed by atoms with Crippen molar-refractivity contribution in [3.8, 4) is 0 Å². The molecule has 0 radical (unpaired) electrons. The first-order valence-electron chi connectivity index (χ1n) is 6.59. The second-order valence-electron chi connectivity index (χ2n) is 4.82. The predicted molar refractivity (Wildman–Crippen MR) is 73.7 cm³/mol. The molecular weight excluding hydrogens is 314 g/mol. The fourth-order valence-electron chi connectivity index (χ4n) is 2.18. The molecule has 0 aromatic carbocycles. The highest BCUT2D eigenvalue weighted by molar-refractivity contribution is 9.09. The van der Waals surface area contributed by atoms with Crippen molar-refractivity contribution in [2.24, 2.45) is 5.92 Å². The smallest absolute Gasteiger partial charge is 0.302 e. The summed E-state index contributed by atoms with van der Waals surface area (Å²) in [6.07, 6.45) is 4.37. The number of ether oxygens (including phenoxy) is 1. The Kier molecular flexibility index (Phi) is 7.05. The van der Waals surface area contributed by atoms with Crippen LogP contribution in [0.1, 0.15) is 45.4 Å². The molecule has 0 aromatic heterocycles. The molecule has 1 fully saturated rings. The fraction of sp³-hybridized carbons (Fsp3) is 0.769. The summed E-state index contributed by atoms with van der Waals surface area (Å²) in [7, 11) is 0. The van der Waals surface area contributed by atoms with Crippen molar-refractivity contribution >= 4 is 33.7 Å². The van der Waals surface area contributed by atoms with Gasteiger partial charge in [-0.25, -0.2) is 0 Å². The number of esters is 1. The third-order valence-corrected chi connectivity index (χ3v) is 3.91. The van der Waals surface area contributed by atoms with Gasteiger partial charge < -0.3 is 4.74 Å². The minimum Gasteiger partial charge on any atom is -0.462 e. The van der Waals surface area contributed by atoms with Crippen molar-refractivity contribution in [2.75, 3.05) is 5.33 Å². The van der Waals surface area contributed by atoms with Gasteiger partial charge >= 0.3 is 5.97 Å². The zero-order chi connectivity index (χ0) is 14.3. The molecule has 6 heteroatoms. The van der Waals surface area contributed by atoms with Crippen molar-refractivity contribution in [3.05, 3.63) is 0 Å². The Hall–Kier alpha value is -0.910. The monoisotopic (exact) mass is 333 g/mol. The Morgan fingerprint density at radius 3 is 2.79 bits per heavy atom. The molecule has 108 valence electrons. The quantitative estimate of drug-likeness (QED) is 0.334. The Morgan fingerprint density at radius 1 is 1.47 bits per heavy atom. The molecule has 0 bridgehead atoms. The summed E-state index contributed by atoms with van der Waals surface area (Å²) in [5.41, 5.74) is 0. The van der Waals surface area contributed by atoms with Crippen LogP contribution in [0, 0.1) is 5.92 Å². The lowest BCUT2D eigenvalue weighted by atomic mass is 9.92. The maximum atomic E-state index is 11.5. The molecule has 0 saturated carbocycles. The number of amides is 2. The summed E-state index contributed by atoms with van der Waals surface area (Å²) in [6, 6.07) is 0. The number of alkyl halides is 1. The zero-order valence-corrected chi connectivity index (χ0v) is 12.7. The van der Waals surface area contributed by atoms with Crippen LogP contribution in [0.3, 0.4) is 0 Å². The summed E-state index contributed by atoms with van der Waals surface area (Å²) >= 11 is 3.31. The molecule has 1 aliphatic heterocycles. The van der Waals surface area contributed by atoms with Gasteiger partial charge in [-0.15, -0.1) is 0 Å². The Bertz CT molecular complexity index is 346. The van der Waals surface area contributed by atoms with Crippen molar-refractivity contribution in [2.45, 2.75) is 51.6 Å². The number of carbonyl (C=O) groups is 3. The van der Waals surface area contributed by atoms with Crippen LogP contribution in [0.5, 0.6) is 0 Å². The number of rotatable bonds is 7. The Morgan fingerprint density at radius 2 is 2.21 bits per heavy atom. The van der Waals surface area contributed by atoms with Crippen molar-refractivity contribution in [3.63, 3.8) is 0 Å². The SMILES string of the molecule is CC(=O)OC(CBr)CCCCC1CCC(=O)NC1=O. The van der Waals surface area contributed by atoms with Crippen LogP contribution in [-0.4, -0.2) is 29.2 Å². The van der Waals surface area contributed by atoms with Crippen molar-refractivity contribution < 1.29 is 19.1 Å². The Labute approximate surface area is 121 Å². The minimum atomic E-state index is -0.269. The van der Waals surface area contributed by atoms with Crippen LogP contribution in [0.4, 0.5) is 0 Å². The van der Waals surface area contributed by atoms with Crippen LogP contribution in [-0.2, 0) is 19.1 Å². The summed E-state index contributed by atoms with van der Waals surface area (Å²) < 4.78 is 5.12. The van der Waals surface area contributed by atoms with E-state index in [0.29, 0.717) is 18.2 Å². The lowest BCUT2D eigenvalue weighted by molar-refractivity contribution is -0.145. The number of nitrogens with one attached hydrogen (secondary N) is 1. The number of unbranched alkanes of at least 4 members (excludes halogenated alkanes) is 1. The van der Waals surface area contributed by atoms with Crippen molar-refractivity contribution in [1.82, 2.24) is 5.32 Å². The molecule has 0 spiro atoms. The topological polar surface area (TPSA) is 72.5 Å². The first-order valence-corrected chi connectivity index (χ1v) is 7.72. The van der Waals surface area contributed by atoms with E-state index in [1.54, 1.807) is 0 Å². The number of carbonyl (C=O) groups excluding carboxylic acids is 3. The third-order valence-electron chi connectivity index (χ3n) is 3.19. The molecule has 2 unspecified atom stereocenters. The van der Waals surface area contributed by atoms with E-state index in [-0.39, 0.29) is 29.8 Å². The molecule has 2 amide bonds. The average Bonchev–Trinajstić information content (AvgIpc) is 2.34.